The first-order chi connectivity index (χ1) is 17.5. The molecule has 0 bridgehead atoms. The molecule has 11 nitrogen and oxygen atoms in total. The van der Waals surface area contributed by atoms with Gasteiger partial charge in [-0.15, -0.1) is 11.8 Å². The lowest BCUT2D eigenvalue weighted by Crippen LogP contribution is -2.44. The van der Waals surface area contributed by atoms with Crippen molar-refractivity contribution in [3.8, 4) is 5.88 Å². The molecule has 2 atom stereocenters. The SMILES string of the molecule is CCN1CCC[C@H]1NC(=O)C1=CCC(c2cc(=NC3CC3)n3ncc(=Cc4[nH]c(=O)[nH]c4O)c3n2)S1. The highest BCUT2D eigenvalue weighted by molar-refractivity contribution is 8.04. The summed E-state index contributed by atoms with van der Waals surface area (Å²) in [5.41, 5.74) is 1.88. The van der Waals surface area contributed by atoms with E-state index in [1.54, 1.807) is 16.8 Å². The summed E-state index contributed by atoms with van der Waals surface area (Å²) in [6.45, 7) is 4.07. The molecule has 0 radical (unpaired) electrons. The average Bonchev–Trinajstić information content (AvgIpc) is 3.24. The normalized spacial score (nSPS) is 23.6. The van der Waals surface area contributed by atoms with Crippen LogP contribution in [0.4, 0.5) is 0 Å². The number of fused-ring (bicyclic) bond motifs is 1. The summed E-state index contributed by atoms with van der Waals surface area (Å²) in [7, 11) is 0. The van der Waals surface area contributed by atoms with E-state index in [2.05, 4.69) is 32.2 Å². The summed E-state index contributed by atoms with van der Waals surface area (Å²) in [5.74, 6) is -0.268. The summed E-state index contributed by atoms with van der Waals surface area (Å²) >= 11 is 1.53. The van der Waals surface area contributed by atoms with E-state index >= 15 is 0 Å². The molecule has 188 valence electrons. The second-order valence-corrected chi connectivity index (χ2v) is 10.6. The Labute approximate surface area is 210 Å². The highest BCUT2D eigenvalue weighted by Crippen LogP contribution is 2.43. The predicted molar refractivity (Wildman–Crippen MR) is 135 cm³/mol. The molecule has 1 aliphatic carbocycles. The third-order valence-corrected chi connectivity index (χ3v) is 8.13. The van der Waals surface area contributed by atoms with Crippen molar-refractivity contribution in [1.82, 2.24) is 34.8 Å². The molecular weight excluding hydrogens is 480 g/mol. The number of likely N-dealkylation sites (tertiary alicyclic amines) is 1. The minimum absolute atomic E-state index is 0.0158. The maximum absolute atomic E-state index is 13.0. The molecule has 3 aromatic rings. The quantitative estimate of drug-likeness (QED) is 0.383. The first-order valence-corrected chi connectivity index (χ1v) is 13.2. The van der Waals surface area contributed by atoms with E-state index in [1.165, 1.54) is 11.8 Å². The monoisotopic (exact) mass is 508 g/mol. The Morgan fingerprint density at radius 3 is 2.97 bits per heavy atom. The summed E-state index contributed by atoms with van der Waals surface area (Å²) in [6, 6.07) is 2.24. The fraction of sp³-hybridized carbons (Fsp3) is 0.458. The molecule has 36 heavy (non-hydrogen) atoms. The molecule has 12 heteroatoms. The zero-order chi connectivity index (χ0) is 24.8. The van der Waals surface area contributed by atoms with Gasteiger partial charge in [0.25, 0.3) is 5.91 Å². The number of hydrogen-bond acceptors (Lipinski definition) is 8. The van der Waals surface area contributed by atoms with Crippen LogP contribution in [0, 0.1) is 0 Å². The number of aromatic hydroxyl groups is 1. The van der Waals surface area contributed by atoms with E-state index in [-0.39, 0.29) is 34.9 Å². The van der Waals surface area contributed by atoms with E-state index in [0.717, 1.165) is 49.4 Å². The number of imidazole rings is 1. The molecule has 3 aliphatic rings. The highest BCUT2D eigenvalue weighted by Gasteiger charge is 2.30. The van der Waals surface area contributed by atoms with Crippen LogP contribution in [0.2, 0.25) is 0 Å². The standard InChI is InChI=1S/C24H28N8O3S/c1-2-31-9-3-4-19(31)29-23(34)18-8-7-17(36-18)15-11-20(26-14-5-6-14)32-21(27-15)13(12-25-32)10-16-22(33)30-24(35)28-16/h8,10-12,14,17,19,33H,2-7,9H2,1H3,(H,29,34)(H2,28,30,35)/t17?,19-/m0/s1. The maximum atomic E-state index is 13.0. The molecule has 1 saturated carbocycles. The van der Waals surface area contributed by atoms with Crippen LogP contribution in [-0.4, -0.2) is 65.8 Å². The number of nitrogens with one attached hydrogen (secondary N) is 3. The molecule has 6 rings (SSSR count). The van der Waals surface area contributed by atoms with Crippen LogP contribution in [-0.2, 0) is 4.79 Å². The van der Waals surface area contributed by atoms with Crippen LogP contribution >= 0.6 is 11.8 Å². The zero-order valence-corrected chi connectivity index (χ0v) is 20.7. The lowest BCUT2D eigenvalue weighted by Gasteiger charge is -2.23. The van der Waals surface area contributed by atoms with Crippen molar-refractivity contribution in [1.29, 1.82) is 0 Å². The van der Waals surface area contributed by atoms with E-state index in [9.17, 15) is 14.7 Å². The fourth-order valence-electron chi connectivity index (χ4n) is 4.76. The van der Waals surface area contributed by atoms with Gasteiger partial charge in [0.2, 0.25) is 5.88 Å². The van der Waals surface area contributed by atoms with Crippen molar-refractivity contribution in [2.75, 3.05) is 13.1 Å². The maximum Gasteiger partial charge on any atom is 0.326 e. The van der Waals surface area contributed by atoms with Crippen LogP contribution in [0.3, 0.4) is 0 Å². The average molecular weight is 509 g/mol. The highest BCUT2D eigenvalue weighted by atomic mass is 32.2. The number of allylic oxidation sites excluding steroid dienone is 1. The molecule has 5 heterocycles. The summed E-state index contributed by atoms with van der Waals surface area (Å²) < 4.78 is 1.69. The van der Waals surface area contributed by atoms with Crippen molar-refractivity contribution >= 4 is 29.4 Å². The topological polar surface area (TPSA) is 144 Å². The number of H-pyrrole nitrogens is 2. The number of nitrogens with zero attached hydrogens (tertiary/aromatic N) is 5. The molecule has 1 amide bonds. The summed E-state index contributed by atoms with van der Waals surface area (Å²) in [4.78, 5) is 42.2. The van der Waals surface area contributed by atoms with Gasteiger partial charge in [-0.25, -0.2) is 9.78 Å². The van der Waals surface area contributed by atoms with Crippen molar-refractivity contribution in [2.45, 2.75) is 56.5 Å². The fourth-order valence-corrected chi connectivity index (χ4v) is 5.86. The summed E-state index contributed by atoms with van der Waals surface area (Å²) in [6.07, 6.45) is 10.2. The molecule has 2 fully saturated rings. The third kappa shape index (κ3) is 4.46. The Morgan fingerprint density at radius 1 is 1.36 bits per heavy atom. The minimum atomic E-state index is -0.493. The van der Waals surface area contributed by atoms with Crippen molar-refractivity contribution in [2.24, 2.45) is 4.99 Å². The Kier molecular flexibility index (Phi) is 5.92. The Hall–Kier alpha value is -3.38. The van der Waals surface area contributed by atoms with Gasteiger partial charge in [0.1, 0.15) is 5.69 Å². The molecule has 0 spiro atoms. The lowest BCUT2D eigenvalue weighted by molar-refractivity contribution is -0.118. The van der Waals surface area contributed by atoms with Gasteiger partial charge >= 0.3 is 5.69 Å². The molecular formula is C24H28N8O3S. The van der Waals surface area contributed by atoms with Crippen LogP contribution in [0.25, 0.3) is 11.7 Å². The molecule has 0 aromatic carbocycles. The number of thioether (sulfide) groups is 1. The van der Waals surface area contributed by atoms with Gasteiger partial charge in [-0.05, 0) is 44.7 Å². The smallest absolute Gasteiger partial charge is 0.326 e. The largest absolute Gasteiger partial charge is 0.493 e. The number of carbonyl (C=O) groups excluding carboxylic acids is 1. The number of carbonyl (C=O) groups is 1. The van der Waals surface area contributed by atoms with Gasteiger partial charge in [-0.3, -0.25) is 19.7 Å². The van der Waals surface area contributed by atoms with E-state index < -0.39 is 5.69 Å². The van der Waals surface area contributed by atoms with Crippen molar-refractivity contribution in [3.63, 3.8) is 0 Å². The summed E-state index contributed by atoms with van der Waals surface area (Å²) in [5, 5.41) is 18.3. The van der Waals surface area contributed by atoms with Crippen LogP contribution in [0.1, 0.15) is 55.7 Å². The first-order valence-electron chi connectivity index (χ1n) is 12.4. The molecule has 4 N–H and O–H groups in total. The van der Waals surface area contributed by atoms with Gasteiger partial charge in [-0.1, -0.05) is 13.0 Å². The molecule has 3 aromatic heterocycles. The molecule has 1 unspecified atom stereocenters. The number of aromatic nitrogens is 5. The Morgan fingerprint density at radius 2 is 2.22 bits per heavy atom. The van der Waals surface area contributed by atoms with Gasteiger partial charge in [0.15, 0.2) is 11.1 Å². The number of aromatic amines is 2. The van der Waals surface area contributed by atoms with Crippen LogP contribution in [0.15, 0.2) is 33.0 Å². The lowest BCUT2D eigenvalue weighted by atomic mass is 10.2. The van der Waals surface area contributed by atoms with Gasteiger partial charge in [0.05, 0.1) is 34.3 Å². The number of amides is 1. The van der Waals surface area contributed by atoms with Gasteiger partial charge in [0, 0.05) is 17.8 Å². The van der Waals surface area contributed by atoms with Gasteiger partial charge in [-0.2, -0.15) is 9.61 Å². The number of hydrogen-bond donors (Lipinski definition) is 4. The Bertz CT molecular complexity index is 1530. The second-order valence-electron chi connectivity index (χ2n) is 9.39. The second kappa shape index (κ2) is 9.25. The van der Waals surface area contributed by atoms with Crippen LogP contribution in [0.5, 0.6) is 5.88 Å². The first kappa shape index (κ1) is 23.0. The minimum Gasteiger partial charge on any atom is -0.493 e. The van der Waals surface area contributed by atoms with Crippen molar-refractivity contribution in [3.05, 3.63) is 55.8 Å². The van der Waals surface area contributed by atoms with E-state index in [0.29, 0.717) is 22.8 Å². The van der Waals surface area contributed by atoms with Crippen molar-refractivity contribution < 1.29 is 9.90 Å². The van der Waals surface area contributed by atoms with Crippen LogP contribution < -0.4 is 21.7 Å². The zero-order valence-electron chi connectivity index (χ0n) is 19.9. The Balaban J connectivity index is 1.31. The number of rotatable bonds is 6. The van der Waals surface area contributed by atoms with Gasteiger partial charge < -0.3 is 15.4 Å². The molecule has 2 aliphatic heterocycles. The predicted octanol–water partition coefficient (Wildman–Crippen LogP) is 0.682. The third-order valence-electron chi connectivity index (χ3n) is 6.80. The molecule has 1 saturated heterocycles. The van der Waals surface area contributed by atoms with E-state index in [1.807, 2.05) is 12.1 Å². The van der Waals surface area contributed by atoms with E-state index in [4.69, 9.17) is 9.98 Å².